The maximum absolute atomic E-state index is 14.3. The van der Waals surface area contributed by atoms with Gasteiger partial charge in [-0.2, -0.15) is 0 Å². The van der Waals surface area contributed by atoms with E-state index in [9.17, 15) is 37.4 Å². The summed E-state index contributed by atoms with van der Waals surface area (Å²) in [5.41, 5.74) is -0.684. The van der Waals surface area contributed by atoms with Crippen LogP contribution in [0.5, 0.6) is 11.5 Å². The molecule has 2 unspecified atom stereocenters. The average molecular weight is 637 g/mol. The minimum Gasteiger partial charge on any atom is -0.508 e. The predicted octanol–water partition coefficient (Wildman–Crippen LogP) is 6.69. The van der Waals surface area contributed by atoms with Crippen LogP contribution >= 0.6 is 0 Å². The number of nitrogens with one attached hydrogen (secondary N) is 2. The Morgan fingerprint density at radius 2 is 1.11 bits per heavy atom. The normalized spacial score (nSPS) is 19.0. The number of hydrogen-bond acceptors (Lipinski definition) is 4. The van der Waals surface area contributed by atoms with Crippen molar-refractivity contribution in [1.29, 1.82) is 0 Å². The van der Waals surface area contributed by atoms with Gasteiger partial charge in [0.15, 0.2) is 28.7 Å². The molecule has 2 atom stereocenters. The summed E-state index contributed by atoms with van der Waals surface area (Å²) < 4.78 is 55.1. The zero-order valence-electron chi connectivity index (χ0n) is 24.3. The van der Waals surface area contributed by atoms with Crippen LogP contribution in [-0.2, 0) is 26.8 Å². The molecule has 2 aliphatic rings. The van der Waals surface area contributed by atoms with Gasteiger partial charge in [-0.1, -0.05) is 72.7 Å². The van der Waals surface area contributed by atoms with E-state index < -0.39 is 45.9 Å². The Bertz CT molecular complexity index is 2080. The molecule has 10 heteroatoms. The molecule has 6 nitrogen and oxygen atoms in total. The molecule has 0 aliphatic carbocycles. The van der Waals surface area contributed by atoms with E-state index in [4.69, 9.17) is 6.42 Å². The summed E-state index contributed by atoms with van der Waals surface area (Å²) in [5, 5.41) is 23.8. The summed E-state index contributed by atoms with van der Waals surface area (Å²) in [6, 6.07) is 26.0. The Morgan fingerprint density at radius 3 is 1.66 bits per heavy atom. The van der Waals surface area contributed by atoms with E-state index in [-0.39, 0.29) is 34.9 Å². The highest BCUT2D eigenvalue weighted by atomic mass is 19.2. The van der Waals surface area contributed by atoms with Crippen molar-refractivity contribution in [2.45, 2.75) is 17.3 Å². The SMILES string of the molecule is C#CC1(c2ccc(O)cc2)C(=O)Nc2c1ccc(F)c2F.O=C1Nc2c(ccc(F)c2F)C1(Cc1ccccc1)c1ccc(O)cc1. The van der Waals surface area contributed by atoms with Crippen molar-refractivity contribution >= 4 is 23.2 Å². The first-order valence-electron chi connectivity index (χ1n) is 14.2. The predicted molar refractivity (Wildman–Crippen MR) is 167 cm³/mol. The fourth-order valence-electron chi connectivity index (χ4n) is 6.12. The number of carbonyl (C=O) groups is 2. The van der Waals surface area contributed by atoms with Crippen LogP contribution in [0.2, 0.25) is 0 Å². The number of phenols is 2. The van der Waals surface area contributed by atoms with E-state index in [0.717, 1.165) is 17.7 Å². The molecule has 2 heterocycles. The molecule has 234 valence electrons. The van der Waals surface area contributed by atoms with Crippen molar-refractivity contribution in [3.63, 3.8) is 0 Å². The minimum absolute atomic E-state index is 0.00911. The van der Waals surface area contributed by atoms with Crippen molar-refractivity contribution < 1.29 is 37.4 Å². The minimum atomic E-state index is -1.54. The summed E-state index contributed by atoms with van der Waals surface area (Å²) in [6.45, 7) is 0. The zero-order chi connectivity index (χ0) is 33.5. The van der Waals surface area contributed by atoms with E-state index in [0.29, 0.717) is 16.7 Å². The topological polar surface area (TPSA) is 98.7 Å². The standard InChI is InChI=1S/C21H15F2NO2.C16H9F2NO2/c22-17-11-10-16-19(18(17)23)24-20(26)21(16,12-13-4-2-1-3-5-13)14-6-8-15(25)9-7-14;1-2-16(9-3-5-10(20)6-4-9)11-7-8-12(17)13(18)14(11)19-15(16)21/h1-11,25H,12H2,(H,24,26);1,3-8,20H,(H,19,21). The molecule has 0 bridgehead atoms. The van der Waals surface area contributed by atoms with Gasteiger partial charge in [0.25, 0.3) is 5.91 Å². The summed E-state index contributed by atoms with van der Waals surface area (Å²) >= 11 is 0. The fourth-order valence-corrected chi connectivity index (χ4v) is 6.12. The third kappa shape index (κ3) is 4.93. The van der Waals surface area contributed by atoms with Gasteiger partial charge in [-0.15, -0.1) is 6.42 Å². The van der Waals surface area contributed by atoms with Crippen LogP contribution in [0.4, 0.5) is 28.9 Å². The smallest absolute Gasteiger partial charge is 0.251 e. The van der Waals surface area contributed by atoms with Crippen molar-refractivity contribution in [1.82, 2.24) is 0 Å². The van der Waals surface area contributed by atoms with E-state index in [1.807, 2.05) is 30.3 Å². The third-order valence-corrected chi connectivity index (χ3v) is 8.45. The second-order valence-corrected chi connectivity index (χ2v) is 11.0. The maximum atomic E-state index is 14.3. The molecular weight excluding hydrogens is 612 g/mol. The fraction of sp³-hybridized carbons (Fsp3) is 0.0811. The molecule has 4 N–H and O–H groups in total. The number of terminal acetylenes is 1. The van der Waals surface area contributed by atoms with Crippen molar-refractivity contribution in [2.75, 3.05) is 10.6 Å². The largest absolute Gasteiger partial charge is 0.508 e. The highest BCUT2D eigenvalue weighted by molar-refractivity contribution is 6.11. The molecule has 0 saturated heterocycles. The van der Waals surface area contributed by atoms with Crippen LogP contribution in [0, 0.1) is 35.6 Å². The highest BCUT2D eigenvalue weighted by Crippen LogP contribution is 2.47. The molecule has 2 amide bonds. The summed E-state index contributed by atoms with van der Waals surface area (Å²) in [7, 11) is 0. The molecule has 47 heavy (non-hydrogen) atoms. The summed E-state index contributed by atoms with van der Waals surface area (Å²) in [6.07, 6.45) is 5.82. The number of rotatable bonds is 4. The Balaban J connectivity index is 0.000000168. The second kappa shape index (κ2) is 11.7. The number of carbonyl (C=O) groups excluding carboxylic acids is 2. The van der Waals surface area contributed by atoms with Gasteiger partial charge in [-0.05, 0) is 65.1 Å². The van der Waals surface area contributed by atoms with Gasteiger partial charge in [0.05, 0.1) is 11.4 Å². The van der Waals surface area contributed by atoms with Crippen LogP contribution in [-0.4, -0.2) is 22.0 Å². The van der Waals surface area contributed by atoms with E-state index in [1.54, 1.807) is 12.1 Å². The number of fused-ring (bicyclic) bond motifs is 2. The van der Waals surface area contributed by atoms with Gasteiger partial charge in [-0.25, -0.2) is 17.6 Å². The Kier molecular flexibility index (Phi) is 7.69. The summed E-state index contributed by atoms with van der Waals surface area (Å²) in [4.78, 5) is 25.4. The number of benzene rings is 5. The number of amides is 2. The first-order valence-corrected chi connectivity index (χ1v) is 14.2. The zero-order valence-corrected chi connectivity index (χ0v) is 24.3. The van der Waals surface area contributed by atoms with Gasteiger partial charge < -0.3 is 20.8 Å². The van der Waals surface area contributed by atoms with E-state index in [1.165, 1.54) is 48.5 Å². The molecule has 5 aromatic rings. The van der Waals surface area contributed by atoms with Crippen LogP contribution in [0.1, 0.15) is 27.8 Å². The molecule has 7 rings (SSSR count). The lowest BCUT2D eigenvalue weighted by molar-refractivity contribution is -0.119. The van der Waals surface area contributed by atoms with Crippen LogP contribution < -0.4 is 10.6 Å². The lowest BCUT2D eigenvalue weighted by Gasteiger charge is -2.28. The first-order chi connectivity index (χ1) is 22.5. The summed E-state index contributed by atoms with van der Waals surface area (Å²) in [5.74, 6) is -2.88. The van der Waals surface area contributed by atoms with Crippen molar-refractivity contribution in [3.8, 4) is 23.8 Å². The second-order valence-electron chi connectivity index (χ2n) is 11.0. The van der Waals surface area contributed by atoms with Crippen molar-refractivity contribution in [3.05, 3.63) is 154 Å². The van der Waals surface area contributed by atoms with Crippen LogP contribution in [0.15, 0.2) is 103 Å². The molecule has 0 radical (unpaired) electrons. The van der Waals surface area contributed by atoms with E-state index >= 15 is 0 Å². The lowest BCUT2D eigenvalue weighted by Crippen LogP contribution is -2.38. The maximum Gasteiger partial charge on any atom is 0.251 e. The Morgan fingerprint density at radius 1 is 0.617 bits per heavy atom. The van der Waals surface area contributed by atoms with E-state index in [2.05, 4.69) is 16.6 Å². The van der Waals surface area contributed by atoms with Gasteiger partial charge >= 0.3 is 0 Å². The number of phenolic OH excluding ortho intramolecular Hbond substituents is 2. The molecule has 2 aliphatic heterocycles. The quantitative estimate of drug-likeness (QED) is 0.131. The molecule has 5 aromatic carbocycles. The molecule has 0 spiro atoms. The number of halogens is 4. The Hall–Kier alpha value is -6.08. The third-order valence-electron chi connectivity index (χ3n) is 8.45. The number of hydrogen-bond donors (Lipinski definition) is 4. The number of anilines is 2. The number of aromatic hydroxyl groups is 2. The Labute approximate surface area is 266 Å². The van der Waals surface area contributed by atoms with Crippen LogP contribution in [0.25, 0.3) is 0 Å². The van der Waals surface area contributed by atoms with Crippen LogP contribution in [0.3, 0.4) is 0 Å². The van der Waals surface area contributed by atoms with Gasteiger partial charge in [0.2, 0.25) is 5.91 Å². The monoisotopic (exact) mass is 636 g/mol. The van der Waals surface area contributed by atoms with Gasteiger partial charge in [-0.3, -0.25) is 9.59 Å². The lowest BCUT2D eigenvalue weighted by atomic mass is 9.71. The van der Waals surface area contributed by atoms with Gasteiger partial charge in [0, 0.05) is 5.56 Å². The first kappa shape index (κ1) is 30.9. The highest BCUT2D eigenvalue weighted by Gasteiger charge is 2.50. The molecule has 0 fully saturated rings. The molecule has 0 aromatic heterocycles. The average Bonchev–Trinajstić information content (AvgIpc) is 3.53. The molecule has 0 saturated carbocycles. The molecular formula is C37H24F4N2O4. The van der Waals surface area contributed by atoms with Crippen molar-refractivity contribution in [2.24, 2.45) is 0 Å². The van der Waals surface area contributed by atoms with Gasteiger partial charge in [0.1, 0.15) is 16.9 Å².